The van der Waals surface area contributed by atoms with E-state index in [1.165, 1.54) is 0 Å². The second kappa shape index (κ2) is 9.81. The molecule has 0 fully saturated rings. The number of aromatic nitrogens is 4. The quantitative estimate of drug-likeness (QED) is 0.181. The smallest absolute Gasteiger partial charge is 0.228 e. The van der Waals surface area contributed by atoms with Crippen LogP contribution in [0.4, 0.5) is 0 Å². The number of benzene rings is 4. The van der Waals surface area contributed by atoms with Crippen LogP contribution < -0.4 is 9.47 Å². The Morgan fingerprint density at radius 3 is 2.58 bits per heavy atom. The monoisotopic (exact) mass is 527 g/mol. The van der Waals surface area contributed by atoms with Crippen LogP contribution in [0.1, 0.15) is 40.9 Å². The lowest BCUT2D eigenvalue weighted by atomic mass is 9.83. The first kappa shape index (κ1) is 23.8. The summed E-state index contributed by atoms with van der Waals surface area (Å²) in [4.78, 5) is 15.2. The summed E-state index contributed by atoms with van der Waals surface area (Å²) in [6.45, 7) is 2.00. The van der Waals surface area contributed by atoms with Crippen molar-refractivity contribution < 1.29 is 14.3 Å². The van der Waals surface area contributed by atoms with Crippen LogP contribution in [0.5, 0.6) is 17.4 Å². The van der Waals surface area contributed by atoms with Crippen LogP contribution in [0.2, 0.25) is 0 Å². The van der Waals surface area contributed by atoms with Crippen molar-refractivity contribution in [3.63, 3.8) is 0 Å². The predicted molar refractivity (Wildman–Crippen MR) is 152 cm³/mol. The second-order valence-electron chi connectivity index (χ2n) is 9.59. The summed E-state index contributed by atoms with van der Waals surface area (Å²) in [5, 5.41) is 11.1. The van der Waals surface area contributed by atoms with Crippen LogP contribution >= 0.6 is 0 Å². The van der Waals surface area contributed by atoms with E-state index in [1.54, 1.807) is 18.0 Å². The van der Waals surface area contributed by atoms with Crippen LogP contribution in [0.3, 0.4) is 0 Å². The van der Waals surface area contributed by atoms with Gasteiger partial charge in [-0.2, -0.15) is 0 Å². The van der Waals surface area contributed by atoms with E-state index in [2.05, 4.69) is 51.6 Å². The highest BCUT2D eigenvalue weighted by Gasteiger charge is 2.34. The summed E-state index contributed by atoms with van der Waals surface area (Å²) >= 11 is 0. The average molecular weight is 528 g/mol. The average Bonchev–Trinajstić information content (AvgIpc) is 3.43. The van der Waals surface area contributed by atoms with Crippen molar-refractivity contribution in [3.05, 3.63) is 125 Å². The topological polar surface area (TPSA) is 83.1 Å². The number of oxime groups is 1. The zero-order chi connectivity index (χ0) is 27.1. The zero-order valence-corrected chi connectivity index (χ0v) is 22.0. The molecule has 8 nitrogen and oxygen atoms in total. The van der Waals surface area contributed by atoms with Gasteiger partial charge in [-0.1, -0.05) is 71.9 Å². The summed E-state index contributed by atoms with van der Waals surface area (Å²) in [6.07, 6.45) is 1.63. The Morgan fingerprint density at radius 2 is 1.75 bits per heavy atom. The fraction of sp³-hybridized carbons (Fsp3) is 0.125. The highest BCUT2D eigenvalue weighted by atomic mass is 16.6. The van der Waals surface area contributed by atoms with Gasteiger partial charge in [0.15, 0.2) is 18.1 Å². The van der Waals surface area contributed by atoms with Gasteiger partial charge in [-0.05, 0) is 47.7 Å². The molecule has 0 bridgehead atoms. The van der Waals surface area contributed by atoms with Gasteiger partial charge in [0.25, 0.3) is 0 Å². The Balaban J connectivity index is 1.26. The van der Waals surface area contributed by atoms with Crippen LogP contribution in [0, 0.1) is 0 Å². The molecule has 0 radical (unpaired) electrons. The molecule has 1 unspecified atom stereocenters. The van der Waals surface area contributed by atoms with Crippen LogP contribution in [0.25, 0.3) is 16.4 Å². The fourth-order valence-electron chi connectivity index (χ4n) is 5.22. The van der Waals surface area contributed by atoms with Crippen LogP contribution in [-0.4, -0.2) is 32.4 Å². The SMILES string of the molecule is COc1ccc(/C(C)=N/OCc2nc3c4c(ncn3n2)Oc2c(ccc3ccccc23)C4c2ccccc2)cc1. The van der Waals surface area contributed by atoms with E-state index >= 15 is 0 Å². The number of rotatable bonds is 6. The lowest BCUT2D eigenvalue weighted by Crippen LogP contribution is -2.15. The highest BCUT2D eigenvalue weighted by Crippen LogP contribution is 2.50. The predicted octanol–water partition coefficient (Wildman–Crippen LogP) is 6.51. The molecule has 6 aromatic rings. The van der Waals surface area contributed by atoms with Crippen molar-refractivity contribution in [1.82, 2.24) is 19.6 Å². The summed E-state index contributed by atoms with van der Waals surface area (Å²) in [5.74, 6) is 2.50. The normalized spacial score (nSPS) is 14.4. The number of ether oxygens (including phenoxy) is 2. The molecule has 2 aromatic heterocycles. The molecular formula is C32H25N5O3. The summed E-state index contributed by atoms with van der Waals surface area (Å²) < 4.78 is 13.4. The molecule has 1 aliphatic heterocycles. The fourth-order valence-corrected chi connectivity index (χ4v) is 5.22. The molecule has 1 aliphatic rings. The van der Waals surface area contributed by atoms with E-state index in [0.29, 0.717) is 17.4 Å². The number of fused-ring (bicyclic) bond motifs is 6. The summed E-state index contributed by atoms with van der Waals surface area (Å²) in [5.41, 5.74) is 5.41. The third kappa shape index (κ3) is 4.10. The number of hydrogen-bond acceptors (Lipinski definition) is 7. The first-order valence-corrected chi connectivity index (χ1v) is 13.0. The van der Waals surface area contributed by atoms with Gasteiger partial charge in [0.2, 0.25) is 5.88 Å². The molecule has 4 aromatic carbocycles. The van der Waals surface area contributed by atoms with Crippen molar-refractivity contribution in [2.24, 2.45) is 5.16 Å². The third-order valence-electron chi connectivity index (χ3n) is 7.18. The number of methoxy groups -OCH3 is 1. The van der Waals surface area contributed by atoms with Gasteiger partial charge in [-0.15, -0.1) is 5.10 Å². The van der Waals surface area contributed by atoms with Gasteiger partial charge in [0.05, 0.1) is 18.4 Å². The molecule has 0 N–H and O–H groups in total. The number of nitrogens with zero attached hydrogens (tertiary/aromatic N) is 5. The van der Waals surface area contributed by atoms with E-state index in [9.17, 15) is 0 Å². The standard InChI is InChI=1S/C32H25N5O3/c1-20(21-12-15-24(38-2)16-13-21)36-39-18-27-34-31-29-28(23-9-4-3-5-10-23)26-17-14-22-8-6-7-11-25(22)30(26)40-32(29)33-19-37(31)35-27/h3-17,19,28H,18H2,1-2H3/b36-20+. The van der Waals surface area contributed by atoms with Crippen molar-refractivity contribution in [2.75, 3.05) is 7.11 Å². The Bertz CT molecular complexity index is 1880. The Morgan fingerprint density at radius 1 is 0.950 bits per heavy atom. The Labute approximate surface area is 230 Å². The molecule has 7 rings (SSSR count). The van der Waals surface area contributed by atoms with E-state index < -0.39 is 0 Å². The first-order chi connectivity index (χ1) is 19.7. The maximum Gasteiger partial charge on any atom is 0.228 e. The third-order valence-corrected chi connectivity index (χ3v) is 7.18. The van der Waals surface area contributed by atoms with Crippen molar-refractivity contribution in [3.8, 4) is 17.4 Å². The van der Waals surface area contributed by atoms with Crippen molar-refractivity contribution in [1.29, 1.82) is 0 Å². The van der Waals surface area contributed by atoms with E-state index in [-0.39, 0.29) is 12.5 Å². The van der Waals surface area contributed by atoms with Crippen LogP contribution in [0.15, 0.2) is 102 Å². The maximum absolute atomic E-state index is 6.48. The molecular weight excluding hydrogens is 502 g/mol. The van der Waals surface area contributed by atoms with Gasteiger partial charge in [0.1, 0.15) is 17.8 Å². The molecule has 196 valence electrons. The lowest BCUT2D eigenvalue weighted by Gasteiger charge is -2.28. The molecule has 1 atom stereocenters. The minimum atomic E-state index is -0.130. The van der Waals surface area contributed by atoms with Gasteiger partial charge in [-0.25, -0.2) is 14.5 Å². The number of hydrogen-bond donors (Lipinski definition) is 0. The molecule has 0 spiro atoms. The Hall–Kier alpha value is -5.24. The lowest BCUT2D eigenvalue weighted by molar-refractivity contribution is 0.125. The molecule has 0 aliphatic carbocycles. The molecule has 0 amide bonds. The summed E-state index contributed by atoms with van der Waals surface area (Å²) in [7, 11) is 1.64. The van der Waals surface area contributed by atoms with Gasteiger partial charge in [-0.3, -0.25) is 0 Å². The minimum Gasteiger partial charge on any atom is -0.497 e. The molecule has 8 heteroatoms. The molecule has 40 heavy (non-hydrogen) atoms. The minimum absolute atomic E-state index is 0.113. The summed E-state index contributed by atoms with van der Waals surface area (Å²) in [6, 6.07) is 30.5. The molecule has 0 saturated carbocycles. The molecule has 0 saturated heterocycles. The maximum atomic E-state index is 6.48. The van der Waals surface area contributed by atoms with Gasteiger partial charge < -0.3 is 14.3 Å². The van der Waals surface area contributed by atoms with E-state index in [4.69, 9.17) is 19.3 Å². The van der Waals surface area contributed by atoms with Crippen LogP contribution in [-0.2, 0) is 11.4 Å². The zero-order valence-electron chi connectivity index (χ0n) is 22.0. The largest absolute Gasteiger partial charge is 0.497 e. The highest BCUT2D eigenvalue weighted by molar-refractivity contribution is 5.98. The second-order valence-corrected chi connectivity index (χ2v) is 9.59. The van der Waals surface area contributed by atoms with E-state index in [0.717, 1.165) is 50.2 Å². The Kier molecular flexibility index (Phi) is 5.85. The van der Waals surface area contributed by atoms with Crippen molar-refractivity contribution >= 4 is 22.1 Å². The van der Waals surface area contributed by atoms with Gasteiger partial charge in [0, 0.05) is 16.9 Å². The van der Waals surface area contributed by atoms with E-state index in [1.807, 2.05) is 61.5 Å². The van der Waals surface area contributed by atoms with Gasteiger partial charge >= 0.3 is 0 Å². The first-order valence-electron chi connectivity index (χ1n) is 13.0. The van der Waals surface area contributed by atoms with Crippen molar-refractivity contribution in [2.45, 2.75) is 19.4 Å². The molecule has 3 heterocycles.